The Kier molecular flexibility index (Phi) is 7.26. The number of hydrogen-bond acceptors (Lipinski definition) is 3. The predicted molar refractivity (Wildman–Crippen MR) is 100 cm³/mol. The smallest absolute Gasteiger partial charge is 0.244 e. The van der Waals surface area contributed by atoms with Crippen LogP contribution in [-0.2, 0) is 15.1 Å². The monoisotopic (exact) mass is 354 g/mol. The van der Waals surface area contributed by atoms with Crippen LogP contribution >= 0.6 is 12.4 Å². The van der Waals surface area contributed by atoms with Crippen molar-refractivity contribution in [3.8, 4) is 0 Å². The van der Waals surface area contributed by atoms with Crippen molar-refractivity contribution in [1.29, 1.82) is 0 Å². The number of halogens is 1. The molecule has 3 atom stereocenters. The van der Waals surface area contributed by atoms with Crippen LogP contribution in [0.5, 0.6) is 0 Å². The molecule has 136 valence electrons. The fourth-order valence-electron chi connectivity index (χ4n) is 3.33. The summed E-state index contributed by atoms with van der Waals surface area (Å²) in [5, 5.41) is 3.05. The van der Waals surface area contributed by atoms with E-state index in [-0.39, 0.29) is 29.8 Å². The number of carbonyl (C=O) groups excluding carboxylic acids is 1. The van der Waals surface area contributed by atoms with Gasteiger partial charge >= 0.3 is 0 Å². The lowest BCUT2D eigenvalue weighted by molar-refractivity contribution is -0.127. The van der Waals surface area contributed by atoms with Crippen molar-refractivity contribution in [3.63, 3.8) is 0 Å². The molecule has 0 saturated carbocycles. The van der Waals surface area contributed by atoms with E-state index in [2.05, 4.69) is 26.1 Å². The van der Waals surface area contributed by atoms with E-state index in [0.717, 1.165) is 25.0 Å². The quantitative estimate of drug-likeness (QED) is 0.872. The third kappa shape index (κ3) is 4.95. The summed E-state index contributed by atoms with van der Waals surface area (Å²) in [6.07, 6.45) is 2.29. The van der Waals surface area contributed by atoms with Crippen LogP contribution in [0.25, 0.3) is 0 Å². The number of amides is 1. The van der Waals surface area contributed by atoms with Gasteiger partial charge in [0.25, 0.3) is 0 Å². The summed E-state index contributed by atoms with van der Waals surface area (Å²) in [6, 6.07) is 9.50. The fraction of sp³-hybridized carbons (Fsp3) is 0.632. The molecule has 1 aliphatic rings. The van der Waals surface area contributed by atoms with Gasteiger partial charge in [-0.05, 0) is 30.7 Å². The highest BCUT2D eigenvalue weighted by Gasteiger charge is 2.37. The number of hydrogen-bond donors (Lipinski definition) is 2. The van der Waals surface area contributed by atoms with Crippen molar-refractivity contribution < 1.29 is 9.53 Å². The molecule has 1 aromatic carbocycles. The average molecular weight is 355 g/mol. The molecule has 24 heavy (non-hydrogen) atoms. The van der Waals surface area contributed by atoms with Crippen molar-refractivity contribution in [3.05, 3.63) is 35.9 Å². The molecule has 0 bridgehead atoms. The summed E-state index contributed by atoms with van der Waals surface area (Å²) in [7, 11) is 0. The van der Waals surface area contributed by atoms with Gasteiger partial charge in [-0.3, -0.25) is 4.79 Å². The zero-order valence-corrected chi connectivity index (χ0v) is 16.0. The Morgan fingerprint density at radius 1 is 1.25 bits per heavy atom. The lowest BCUT2D eigenvalue weighted by atomic mass is 9.78. The summed E-state index contributed by atoms with van der Waals surface area (Å²) in [6.45, 7) is 9.75. The van der Waals surface area contributed by atoms with Crippen LogP contribution in [-0.4, -0.2) is 25.2 Å². The number of nitrogens with two attached hydrogens (primary N) is 1. The summed E-state index contributed by atoms with van der Waals surface area (Å²) < 4.78 is 5.97. The third-order valence-electron chi connectivity index (χ3n) is 4.67. The van der Waals surface area contributed by atoms with Crippen LogP contribution in [0.2, 0.25) is 0 Å². The molecule has 2 rings (SSSR count). The second-order valence-corrected chi connectivity index (χ2v) is 7.84. The van der Waals surface area contributed by atoms with Gasteiger partial charge in [0.1, 0.15) is 5.54 Å². The number of ether oxygens (including phenoxy) is 1. The van der Waals surface area contributed by atoms with Gasteiger partial charge in [-0.1, -0.05) is 51.1 Å². The van der Waals surface area contributed by atoms with Crippen molar-refractivity contribution in [2.45, 2.75) is 52.2 Å². The highest BCUT2D eigenvalue weighted by Crippen LogP contribution is 2.33. The van der Waals surface area contributed by atoms with Crippen molar-refractivity contribution in [1.82, 2.24) is 5.32 Å². The van der Waals surface area contributed by atoms with E-state index >= 15 is 0 Å². The lowest BCUT2D eigenvalue weighted by Gasteiger charge is -2.40. The summed E-state index contributed by atoms with van der Waals surface area (Å²) in [5.41, 5.74) is 6.15. The van der Waals surface area contributed by atoms with Crippen LogP contribution in [0.3, 0.4) is 0 Å². The third-order valence-corrected chi connectivity index (χ3v) is 4.67. The van der Waals surface area contributed by atoms with Gasteiger partial charge in [-0.15, -0.1) is 12.4 Å². The number of carbonyl (C=O) groups is 1. The zero-order chi connectivity index (χ0) is 17.1. The van der Waals surface area contributed by atoms with Crippen LogP contribution in [0, 0.1) is 11.3 Å². The maximum atomic E-state index is 12.6. The van der Waals surface area contributed by atoms with Gasteiger partial charge in [-0.25, -0.2) is 0 Å². The summed E-state index contributed by atoms with van der Waals surface area (Å²) in [4.78, 5) is 12.6. The normalized spacial score (nSPS) is 23.7. The Morgan fingerprint density at radius 3 is 2.46 bits per heavy atom. The molecule has 3 unspecified atom stereocenters. The molecule has 3 N–H and O–H groups in total. The first-order valence-electron chi connectivity index (χ1n) is 8.47. The Morgan fingerprint density at radius 2 is 1.88 bits per heavy atom. The van der Waals surface area contributed by atoms with E-state index in [4.69, 9.17) is 10.5 Å². The molecule has 1 aromatic rings. The summed E-state index contributed by atoms with van der Waals surface area (Å²) in [5.74, 6) is 0.196. The number of benzene rings is 1. The molecule has 1 aliphatic heterocycles. The van der Waals surface area contributed by atoms with Gasteiger partial charge in [0.2, 0.25) is 5.91 Å². The Balaban J connectivity index is 0.00000288. The minimum absolute atomic E-state index is 0. The van der Waals surface area contributed by atoms with Crippen molar-refractivity contribution in [2.75, 3.05) is 13.2 Å². The van der Waals surface area contributed by atoms with Crippen LogP contribution in [0.1, 0.15) is 46.1 Å². The summed E-state index contributed by atoms with van der Waals surface area (Å²) >= 11 is 0. The number of nitrogens with one attached hydrogen (secondary N) is 1. The van der Waals surface area contributed by atoms with Gasteiger partial charge in [0.05, 0.1) is 6.10 Å². The van der Waals surface area contributed by atoms with Crippen LogP contribution in [0.4, 0.5) is 0 Å². The second kappa shape index (κ2) is 8.32. The minimum atomic E-state index is -1.02. The van der Waals surface area contributed by atoms with E-state index in [1.165, 1.54) is 0 Å². The number of rotatable bonds is 4. The van der Waals surface area contributed by atoms with Crippen molar-refractivity contribution in [2.24, 2.45) is 17.1 Å². The van der Waals surface area contributed by atoms with E-state index in [9.17, 15) is 4.79 Å². The standard InChI is InChI=1S/C19H30N2O2.ClH/c1-18(2,3)16-14(9-8-12-23-16)13-21-17(22)19(4,20)15-10-6-5-7-11-15;/h5-7,10-11,14,16H,8-9,12-13,20H2,1-4H3,(H,21,22);1H. The van der Waals surface area contributed by atoms with E-state index < -0.39 is 5.54 Å². The first-order valence-corrected chi connectivity index (χ1v) is 8.47. The molecular weight excluding hydrogens is 324 g/mol. The highest BCUT2D eigenvalue weighted by atomic mass is 35.5. The molecule has 0 radical (unpaired) electrons. The topological polar surface area (TPSA) is 64.4 Å². The van der Waals surface area contributed by atoms with Crippen LogP contribution < -0.4 is 11.1 Å². The molecule has 1 fully saturated rings. The Hall–Kier alpha value is -1.10. The van der Waals surface area contributed by atoms with Crippen LogP contribution in [0.15, 0.2) is 30.3 Å². The van der Waals surface area contributed by atoms with Crippen molar-refractivity contribution >= 4 is 18.3 Å². The molecule has 4 nitrogen and oxygen atoms in total. The maximum Gasteiger partial charge on any atom is 0.244 e. The molecule has 1 heterocycles. The molecular formula is C19H31ClN2O2. The lowest BCUT2D eigenvalue weighted by Crippen LogP contribution is -2.52. The molecule has 5 heteroatoms. The van der Waals surface area contributed by atoms with E-state index in [0.29, 0.717) is 12.5 Å². The van der Waals surface area contributed by atoms with Gasteiger partial charge in [0.15, 0.2) is 0 Å². The van der Waals surface area contributed by atoms with E-state index in [1.54, 1.807) is 6.92 Å². The SMILES string of the molecule is CC(N)(C(=O)NCC1CCCOC1C(C)(C)C)c1ccccc1.Cl. The largest absolute Gasteiger partial charge is 0.377 e. The van der Waals surface area contributed by atoms with Gasteiger partial charge in [0, 0.05) is 19.1 Å². The first-order chi connectivity index (χ1) is 10.7. The predicted octanol–water partition coefficient (Wildman–Crippen LogP) is 3.24. The first kappa shape index (κ1) is 20.9. The molecule has 0 aliphatic carbocycles. The van der Waals surface area contributed by atoms with Gasteiger partial charge < -0.3 is 15.8 Å². The Labute approximate surface area is 151 Å². The molecule has 1 saturated heterocycles. The molecule has 0 aromatic heterocycles. The van der Waals surface area contributed by atoms with E-state index in [1.807, 2.05) is 30.3 Å². The molecule has 1 amide bonds. The molecule has 0 spiro atoms. The Bertz CT molecular complexity index is 526. The van der Waals surface area contributed by atoms with Gasteiger partial charge in [-0.2, -0.15) is 0 Å². The minimum Gasteiger partial charge on any atom is -0.377 e. The zero-order valence-electron chi connectivity index (χ0n) is 15.2. The second-order valence-electron chi connectivity index (χ2n) is 7.84. The highest BCUT2D eigenvalue weighted by molar-refractivity contribution is 5.87. The average Bonchev–Trinajstić information content (AvgIpc) is 2.52. The maximum absolute atomic E-state index is 12.6. The fourth-order valence-corrected chi connectivity index (χ4v) is 3.33.